The molecule has 3 aliphatic rings. The van der Waals surface area contributed by atoms with Gasteiger partial charge in [0, 0.05) is 10.8 Å². The Morgan fingerprint density at radius 3 is 2.62 bits per heavy atom. The van der Waals surface area contributed by atoms with Gasteiger partial charge >= 0.3 is 0 Å². The second-order valence-corrected chi connectivity index (χ2v) is 6.97. The fourth-order valence-corrected chi connectivity index (χ4v) is 3.75. The zero-order chi connectivity index (χ0) is 17.4. The summed E-state index contributed by atoms with van der Waals surface area (Å²) in [7, 11) is 0. The van der Waals surface area contributed by atoms with E-state index in [0.717, 1.165) is 0 Å². The van der Waals surface area contributed by atoms with Crippen molar-refractivity contribution in [1.29, 1.82) is 0 Å². The van der Waals surface area contributed by atoms with Gasteiger partial charge in [0.25, 0.3) is 0 Å². The Labute approximate surface area is 140 Å². The minimum Gasteiger partial charge on any atom is -0.394 e. The summed E-state index contributed by atoms with van der Waals surface area (Å²) >= 11 is 0. The molecule has 0 aromatic rings. The third-order valence-corrected chi connectivity index (χ3v) is 5.63. The van der Waals surface area contributed by atoms with E-state index in [1.165, 1.54) is 0 Å². The Hall–Kier alpha value is -0.930. The first-order valence-electron chi connectivity index (χ1n) is 8.39. The SMILES string of the molecule is C[C@@H]1C(CO)O[C@H](O[C@@H]2C3CO[C@H](O3)C(O)[C@H]2C)C(N=[N+]=[N-])[C@H]1C. The molecule has 9 nitrogen and oxygen atoms in total. The van der Waals surface area contributed by atoms with E-state index in [4.69, 9.17) is 24.5 Å². The van der Waals surface area contributed by atoms with Crippen LogP contribution in [0.3, 0.4) is 0 Å². The van der Waals surface area contributed by atoms with Crippen LogP contribution in [0.5, 0.6) is 0 Å². The van der Waals surface area contributed by atoms with Crippen LogP contribution in [0.4, 0.5) is 0 Å². The van der Waals surface area contributed by atoms with Gasteiger partial charge < -0.3 is 29.2 Å². The lowest BCUT2D eigenvalue weighted by Gasteiger charge is -2.45. The largest absolute Gasteiger partial charge is 0.394 e. The zero-order valence-corrected chi connectivity index (χ0v) is 14.1. The molecule has 0 aliphatic carbocycles. The van der Waals surface area contributed by atoms with E-state index in [1.54, 1.807) is 0 Å². The minimum atomic E-state index is -0.801. The van der Waals surface area contributed by atoms with Crippen molar-refractivity contribution in [2.24, 2.45) is 22.9 Å². The van der Waals surface area contributed by atoms with Crippen molar-refractivity contribution in [1.82, 2.24) is 0 Å². The summed E-state index contributed by atoms with van der Waals surface area (Å²) in [6.45, 7) is 5.98. The molecule has 3 fully saturated rings. The van der Waals surface area contributed by atoms with Crippen LogP contribution in [0.2, 0.25) is 0 Å². The van der Waals surface area contributed by atoms with E-state index in [9.17, 15) is 10.2 Å². The van der Waals surface area contributed by atoms with Crippen LogP contribution >= 0.6 is 0 Å². The van der Waals surface area contributed by atoms with E-state index in [-0.39, 0.29) is 30.5 Å². The van der Waals surface area contributed by atoms with Crippen molar-refractivity contribution in [2.75, 3.05) is 13.2 Å². The number of aliphatic hydroxyl groups excluding tert-OH is 2. The smallest absolute Gasteiger partial charge is 0.184 e. The average Bonchev–Trinajstić information content (AvgIpc) is 3.02. The summed E-state index contributed by atoms with van der Waals surface area (Å²) in [5.74, 6) is -0.210. The second kappa shape index (κ2) is 7.13. The standard InChI is InChI=1S/C15H25N3O6/c1-6-7(2)11(17-18-16)14(22-9(6)4-19)24-13-8(3)12(20)15-21-5-10(13)23-15/h6-15,19-20H,4-5H2,1-3H3/t6-,7-,8+,9?,10?,11?,12?,13-,14+,15+/m0/s1. The van der Waals surface area contributed by atoms with Crippen molar-refractivity contribution < 1.29 is 29.2 Å². The fourth-order valence-electron chi connectivity index (χ4n) is 3.75. The zero-order valence-electron chi connectivity index (χ0n) is 14.1. The Morgan fingerprint density at radius 2 is 1.96 bits per heavy atom. The van der Waals surface area contributed by atoms with Crippen LogP contribution in [0.15, 0.2) is 5.11 Å². The number of ether oxygens (including phenoxy) is 4. The van der Waals surface area contributed by atoms with Crippen LogP contribution in [0, 0.1) is 17.8 Å². The highest BCUT2D eigenvalue weighted by molar-refractivity contribution is 4.95. The summed E-state index contributed by atoms with van der Waals surface area (Å²) in [5, 5.41) is 23.6. The van der Waals surface area contributed by atoms with Crippen molar-refractivity contribution in [3.05, 3.63) is 10.4 Å². The number of nitrogens with zero attached hydrogens (tertiary/aromatic N) is 3. The molecule has 24 heavy (non-hydrogen) atoms. The van der Waals surface area contributed by atoms with Gasteiger partial charge in [-0.05, 0) is 17.4 Å². The maximum atomic E-state index is 10.2. The van der Waals surface area contributed by atoms with Gasteiger partial charge in [-0.15, -0.1) is 0 Å². The second-order valence-electron chi connectivity index (χ2n) is 6.97. The maximum absolute atomic E-state index is 10.2. The lowest BCUT2D eigenvalue weighted by molar-refractivity contribution is -0.293. The van der Waals surface area contributed by atoms with Gasteiger partial charge in [-0.3, -0.25) is 0 Å². The Bertz CT molecular complexity index is 502. The molecule has 0 aromatic heterocycles. The lowest BCUT2D eigenvalue weighted by Crippen LogP contribution is -2.56. The lowest BCUT2D eigenvalue weighted by atomic mass is 9.82. The van der Waals surface area contributed by atoms with Crippen molar-refractivity contribution >= 4 is 0 Å². The summed E-state index contributed by atoms with van der Waals surface area (Å²) in [4.78, 5) is 2.92. The Balaban J connectivity index is 1.79. The average molecular weight is 343 g/mol. The van der Waals surface area contributed by atoms with Crippen LogP contribution in [0.25, 0.3) is 10.4 Å². The fraction of sp³-hybridized carbons (Fsp3) is 1.00. The molecule has 9 heteroatoms. The van der Waals surface area contributed by atoms with E-state index in [1.807, 2.05) is 20.8 Å². The first-order chi connectivity index (χ1) is 11.5. The van der Waals surface area contributed by atoms with E-state index in [2.05, 4.69) is 10.0 Å². The normalized spacial score (nSPS) is 51.2. The van der Waals surface area contributed by atoms with Crippen molar-refractivity contribution in [3.8, 4) is 0 Å². The van der Waals surface area contributed by atoms with Gasteiger partial charge in [-0.2, -0.15) is 0 Å². The molecule has 3 heterocycles. The van der Waals surface area contributed by atoms with Gasteiger partial charge in [-0.1, -0.05) is 25.9 Å². The van der Waals surface area contributed by atoms with Gasteiger partial charge in [0.2, 0.25) is 0 Å². The highest BCUT2D eigenvalue weighted by Crippen LogP contribution is 2.38. The van der Waals surface area contributed by atoms with Crippen LogP contribution in [0.1, 0.15) is 20.8 Å². The molecule has 136 valence electrons. The molecule has 10 atom stereocenters. The highest BCUT2D eigenvalue weighted by atomic mass is 16.8. The first-order valence-corrected chi connectivity index (χ1v) is 8.39. The molecule has 2 bridgehead atoms. The van der Waals surface area contributed by atoms with Crippen LogP contribution < -0.4 is 0 Å². The molecule has 0 spiro atoms. The van der Waals surface area contributed by atoms with Gasteiger partial charge in [-0.25, -0.2) is 0 Å². The molecule has 0 aromatic carbocycles. The molecule has 4 unspecified atom stereocenters. The third kappa shape index (κ3) is 3.01. The summed E-state index contributed by atoms with van der Waals surface area (Å²) in [6, 6.07) is -0.516. The van der Waals surface area contributed by atoms with Gasteiger partial charge in [0.15, 0.2) is 12.6 Å². The first kappa shape index (κ1) is 17.9. The van der Waals surface area contributed by atoms with E-state index >= 15 is 0 Å². The molecule has 3 aliphatic heterocycles. The van der Waals surface area contributed by atoms with E-state index in [0.29, 0.717) is 6.61 Å². The molecule has 3 rings (SSSR count). The molecular weight excluding hydrogens is 318 g/mol. The van der Waals surface area contributed by atoms with Crippen LogP contribution in [-0.4, -0.2) is 66.5 Å². The minimum absolute atomic E-state index is 0.0193. The van der Waals surface area contributed by atoms with Crippen molar-refractivity contribution in [2.45, 2.75) is 63.8 Å². The topological polar surface area (TPSA) is 126 Å². The molecule has 0 radical (unpaired) electrons. The number of fused-ring (bicyclic) bond motifs is 2. The molecule has 2 N–H and O–H groups in total. The molecule has 3 saturated heterocycles. The predicted octanol–water partition coefficient (Wildman–Crippen LogP) is 0.792. The Kier molecular flexibility index (Phi) is 5.31. The highest BCUT2D eigenvalue weighted by Gasteiger charge is 2.51. The van der Waals surface area contributed by atoms with Crippen LogP contribution in [-0.2, 0) is 18.9 Å². The molecular formula is C15H25N3O6. The van der Waals surface area contributed by atoms with Crippen molar-refractivity contribution in [3.63, 3.8) is 0 Å². The van der Waals surface area contributed by atoms with Gasteiger partial charge in [0.1, 0.15) is 12.2 Å². The summed E-state index contributed by atoms with van der Waals surface area (Å²) in [6.07, 6.45) is -3.35. The molecule has 0 amide bonds. The number of rotatable bonds is 4. The Morgan fingerprint density at radius 1 is 1.21 bits per heavy atom. The number of hydrogen-bond acceptors (Lipinski definition) is 7. The number of hydrogen-bond donors (Lipinski definition) is 2. The monoisotopic (exact) mass is 343 g/mol. The predicted molar refractivity (Wildman–Crippen MR) is 81.7 cm³/mol. The van der Waals surface area contributed by atoms with Gasteiger partial charge in [0.05, 0.1) is 31.5 Å². The summed E-state index contributed by atoms with van der Waals surface area (Å²) < 4.78 is 23.0. The summed E-state index contributed by atoms with van der Waals surface area (Å²) in [5.41, 5.74) is 8.88. The quantitative estimate of drug-likeness (QED) is 0.441. The molecule has 0 saturated carbocycles. The number of aliphatic hydroxyl groups is 2. The van der Waals surface area contributed by atoms with E-state index < -0.39 is 36.9 Å². The number of azide groups is 1. The maximum Gasteiger partial charge on any atom is 0.184 e. The third-order valence-electron chi connectivity index (χ3n) is 5.63.